The number of nitrogens with two attached hydrogens (primary N) is 1. The zero-order valence-corrected chi connectivity index (χ0v) is 11.7. The minimum atomic E-state index is -0.194. The van der Waals surface area contributed by atoms with Crippen molar-refractivity contribution in [3.8, 4) is 0 Å². The van der Waals surface area contributed by atoms with E-state index in [1.807, 2.05) is 17.8 Å². The minimum absolute atomic E-state index is 0.194. The highest BCUT2D eigenvalue weighted by Crippen LogP contribution is 2.23. The highest BCUT2D eigenvalue weighted by Gasteiger charge is 2.18. The molecule has 0 atom stereocenters. The Hall–Kier alpha value is -0.580. The molecule has 2 nitrogen and oxygen atoms in total. The fraction of sp³-hybridized carbons (Fsp3) is 0.571. The summed E-state index contributed by atoms with van der Waals surface area (Å²) in [7, 11) is 0. The van der Waals surface area contributed by atoms with Crippen molar-refractivity contribution >= 4 is 11.8 Å². The van der Waals surface area contributed by atoms with E-state index >= 15 is 0 Å². The summed E-state index contributed by atoms with van der Waals surface area (Å²) in [6.07, 6.45) is 4.69. The highest BCUT2D eigenvalue weighted by molar-refractivity contribution is 7.99. The van der Waals surface area contributed by atoms with Crippen LogP contribution in [0.3, 0.4) is 0 Å². The van der Waals surface area contributed by atoms with Crippen LogP contribution in [0.4, 0.5) is 4.39 Å². The second-order valence-corrected chi connectivity index (χ2v) is 5.97. The second kappa shape index (κ2) is 6.55. The molecular formula is C14H21FN2S. The van der Waals surface area contributed by atoms with Crippen molar-refractivity contribution in [2.75, 3.05) is 19.3 Å². The fourth-order valence-electron chi connectivity index (χ4n) is 2.48. The van der Waals surface area contributed by atoms with E-state index in [2.05, 4.69) is 11.2 Å². The van der Waals surface area contributed by atoms with Gasteiger partial charge in [-0.2, -0.15) is 11.8 Å². The zero-order valence-electron chi connectivity index (χ0n) is 10.9. The van der Waals surface area contributed by atoms with Crippen LogP contribution in [-0.2, 0) is 13.1 Å². The standard InChI is InChI=1S/C14H21FN2S/c1-18-14-4-6-17(7-5-14)10-11-2-3-13(15)8-12(11)9-16/h2-3,8,14H,4-7,9-10,16H2,1H3. The first-order valence-corrected chi connectivity index (χ1v) is 7.74. The minimum Gasteiger partial charge on any atom is -0.326 e. The van der Waals surface area contributed by atoms with Crippen molar-refractivity contribution in [1.82, 2.24) is 4.90 Å². The quantitative estimate of drug-likeness (QED) is 0.910. The van der Waals surface area contributed by atoms with E-state index in [-0.39, 0.29) is 5.82 Å². The number of halogens is 1. The fourth-order valence-corrected chi connectivity index (χ4v) is 3.16. The summed E-state index contributed by atoms with van der Waals surface area (Å²) >= 11 is 1.97. The summed E-state index contributed by atoms with van der Waals surface area (Å²) in [5.41, 5.74) is 7.78. The average Bonchev–Trinajstić information content (AvgIpc) is 2.41. The highest BCUT2D eigenvalue weighted by atomic mass is 32.2. The molecule has 1 aliphatic rings. The third kappa shape index (κ3) is 3.46. The molecule has 0 saturated carbocycles. The Labute approximate surface area is 113 Å². The molecule has 1 fully saturated rings. The molecule has 1 aliphatic heterocycles. The van der Waals surface area contributed by atoms with Crippen LogP contribution < -0.4 is 5.73 Å². The largest absolute Gasteiger partial charge is 0.326 e. The van der Waals surface area contributed by atoms with Gasteiger partial charge in [0.25, 0.3) is 0 Å². The number of piperidine rings is 1. The maximum Gasteiger partial charge on any atom is 0.123 e. The average molecular weight is 268 g/mol. The van der Waals surface area contributed by atoms with Crippen molar-refractivity contribution in [3.63, 3.8) is 0 Å². The first kappa shape index (κ1) is 13.8. The van der Waals surface area contributed by atoms with Crippen LogP contribution in [0.1, 0.15) is 24.0 Å². The molecule has 100 valence electrons. The third-order valence-corrected chi connectivity index (χ3v) is 4.79. The maximum atomic E-state index is 13.1. The van der Waals surface area contributed by atoms with Crippen LogP contribution in [0.15, 0.2) is 18.2 Å². The van der Waals surface area contributed by atoms with E-state index in [0.717, 1.165) is 30.4 Å². The SMILES string of the molecule is CSC1CCN(Cc2ccc(F)cc2CN)CC1. The molecule has 1 aromatic carbocycles. The third-order valence-electron chi connectivity index (χ3n) is 3.65. The number of thioether (sulfide) groups is 1. The smallest absolute Gasteiger partial charge is 0.123 e. The Morgan fingerprint density at radius 3 is 2.67 bits per heavy atom. The van der Waals surface area contributed by atoms with Gasteiger partial charge in [0.2, 0.25) is 0 Å². The van der Waals surface area contributed by atoms with Crippen LogP contribution >= 0.6 is 11.8 Å². The van der Waals surface area contributed by atoms with Gasteiger partial charge < -0.3 is 5.73 Å². The summed E-state index contributed by atoms with van der Waals surface area (Å²) in [6, 6.07) is 4.96. The summed E-state index contributed by atoms with van der Waals surface area (Å²) in [6.45, 7) is 3.57. The van der Waals surface area contributed by atoms with Crippen molar-refractivity contribution in [2.24, 2.45) is 5.73 Å². The van der Waals surface area contributed by atoms with Crippen LogP contribution in [-0.4, -0.2) is 29.5 Å². The molecule has 2 N–H and O–H groups in total. The summed E-state index contributed by atoms with van der Waals surface area (Å²) in [5.74, 6) is -0.194. The molecule has 0 amide bonds. The molecule has 1 saturated heterocycles. The Kier molecular flexibility index (Phi) is 5.03. The lowest BCUT2D eigenvalue weighted by atomic mass is 10.0. The topological polar surface area (TPSA) is 29.3 Å². The lowest BCUT2D eigenvalue weighted by molar-refractivity contribution is 0.224. The summed E-state index contributed by atoms with van der Waals surface area (Å²) < 4.78 is 13.1. The van der Waals surface area contributed by atoms with Crippen LogP contribution in [0, 0.1) is 5.82 Å². The first-order valence-electron chi connectivity index (χ1n) is 6.45. The van der Waals surface area contributed by atoms with E-state index in [1.165, 1.54) is 24.5 Å². The van der Waals surface area contributed by atoms with Gasteiger partial charge in [-0.05, 0) is 55.4 Å². The number of likely N-dealkylation sites (tertiary alicyclic amines) is 1. The Balaban J connectivity index is 1.97. The number of hydrogen-bond acceptors (Lipinski definition) is 3. The molecule has 0 aliphatic carbocycles. The van der Waals surface area contributed by atoms with E-state index in [4.69, 9.17) is 5.73 Å². The van der Waals surface area contributed by atoms with Gasteiger partial charge in [0.15, 0.2) is 0 Å². The van der Waals surface area contributed by atoms with Gasteiger partial charge in [0.1, 0.15) is 5.82 Å². The predicted molar refractivity (Wildman–Crippen MR) is 76.1 cm³/mol. The Morgan fingerprint density at radius 2 is 2.06 bits per heavy atom. The van der Waals surface area contributed by atoms with Gasteiger partial charge in [-0.25, -0.2) is 4.39 Å². The van der Waals surface area contributed by atoms with Gasteiger partial charge in [0.05, 0.1) is 0 Å². The van der Waals surface area contributed by atoms with Gasteiger partial charge in [0, 0.05) is 18.3 Å². The molecule has 0 bridgehead atoms. The van der Waals surface area contributed by atoms with E-state index in [0.29, 0.717) is 6.54 Å². The second-order valence-electron chi connectivity index (χ2n) is 4.83. The lowest BCUT2D eigenvalue weighted by Crippen LogP contribution is -2.34. The first-order chi connectivity index (χ1) is 8.72. The normalized spacial score (nSPS) is 18.2. The van der Waals surface area contributed by atoms with Gasteiger partial charge in [-0.3, -0.25) is 4.90 Å². The molecule has 1 heterocycles. The molecule has 18 heavy (non-hydrogen) atoms. The van der Waals surface area contributed by atoms with Crippen molar-refractivity contribution in [2.45, 2.75) is 31.2 Å². The van der Waals surface area contributed by atoms with Crippen LogP contribution in [0.5, 0.6) is 0 Å². The van der Waals surface area contributed by atoms with Crippen LogP contribution in [0.25, 0.3) is 0 Å². The molecule has 0 radical (unpaired) electrons. The van der Waals surface area contributed by atoms with E-state index in [9.17, 15) is 4.39 Å². The lowest BCUT2D eigenvalue weighted by Gasteiger charge is -2.31. The molecular weight excluding hydrogens is 247 g/mol. The van der Waals surface area contributed by atoms with E-state index < -0.39 is 0 Å². The van der Waals surface area contributed by atoms with Crippen LogP contribution in [0.2, 0.25) is 0 Å². The molecule has 0 spiro atoms. The number of nitrogens with zero attached hydrogens (tertiary/aromatic N) is 1. The number of hydrogen-bond donors (Lipinski definition) is 1. The molecule has 4 heteroatoms. The Bertz CT molecular complexity index is 389. The van der Waals surface area contributed by atoms with Crippen molar-refractivity contribution < 1.29 is 4.39 Å². The molecule has 2 rings (SSSR count). The van der Waals surface area contributed by atoms with Gasteiger partial charge in [-0.1, -0.05) is 6.07 Å². The molecule has 0 unspecified atom stereocenters. The van der Waals surface area contributed by atoms with Crippen molar-refractivity contribution in [3.05, 3.63) is 35.1 Å². The monoisotopic (exact) mass is 268 g/mol. The molecule has 0 aromatic heterocycles. The number of rotatable bonds is 4. The van der Waals surface area contributed by atoms with E-state index in [1.54, 1.807) is 6.07 Å². The van der Waals surface area contributed by atoms with Gasteiger partial charge in [-0.15, -0.1) is 0 Å². The predicted octanol–water partition coefficient (Wildman–Crippen LogP) is 2.61. The van der Waals surface area contributed by atoms with Crippen molar-refractivity contribution in [1.29, 1.82) is 0 Å². The zero-order chi connectivity index (χ0) is 13.0. The summed E-state index contributed by atoms with van der Waals surface area (Å²) in [4.78, 5) is 2.44. The molecule has 1 aromatic rings. The number of benzene rings is 1. The maximum absolute atomic E-state index is 13.1. The Morgan fingerprint density at radius 1 is 1.33 bits per heavy atom. The summed E-state index contributed by atoms with van der Waals surface area (Å²) in [5, 5.41) is 0.809. The van der Waals surface area contributed by atoms with Gasteiger partial charge >= 0.3 is 0 Å².